The lowest BCUT2D eigenvalue weighted by molar-refractivity contribution is -0.123. The van der Waals surface area contributed by atoms with Gasteiger partial charge < -0.3 is 10.6 Å². The van der Waals surface area contributed by atoms with Gasteiger partial charge in [-0.1, -0.05) is 13.3 Å². The van der Waals surface area contributed by atoms with Gasteiger partial charge in [-0.25, -0.2) is 12.7 Å². The summed E-state index contributed by atoms with van der Waals surface area (Å²) in [7, 11) is -3.13. The van der Waals surface area contributed by atoms with Gasteiger partial charge in [-0.3, -0.25) is 4.79 Å². The van der Waals surface area contributed by atoms with Crippen LogP contribution in [0.25, 0.3) is 0 Å². The first-order valence-corrected chi connectivity index (χ1v) is 8.76. The van der Waals surface area contributed by atoms with Crippen LogP contribution in [0.4, 0.5) is 0 Å². The van der Waals surface area contributed by atoms with Crippen molar-refractivity contribution in [2.24, 2.45) is 0 Å². The van der Waals surface area contributed by atoms with Gasteiger partial charge in [0.2, 0.25) is 15.9 Å². The normalized spacial score (nSPS) is 19.4. The van der Waals surface area contributed by atoms with Crippen molar-refractivity contribution in [2.45, 2.75) is 38.6 Å². The Morgan fingerprint density at radius 2 is 2.10 bits per heavy atom. The Labute approximate surface area is 128 Å². The van der Waals surface area contributed by atoms with Crippen molar-refractivity contribution >= 4 is 28.3 Å². The third-order valence-corrected chi connectivity index (χ3v) is 4.71. The predicted molar refractivity (Wildman–Crippen MR) is 82.6 cm³/mol. The maximum absolute atomic E-state index is 11.8. The molecule has 0 saturated carbocycles. The zero-order valence-corrected chi connectivity index (χ0v) is 13.9. The van der Waals surface area contributed by atoms with Crippen LogP contribution in [0.2, 0.25) is 0 Å². The van der Waals surface area contributed by atoms with E-state index in [9.17, 15) is 13.2 Å². The minimum atomic E-state index is -3.13. The van der Waals surface area contributed by atoms with Gasteiger partial charge in [-0.2, -0.15) is 0 Å². The van der Waals surface area contributed by atoms with Crippen LogP contribution in [-0.4, -0.2) is 57.1 Å². The molecule has 2 N–H and O–H groups in total. The van der Waals surface area contributed by atoms with Crippen LogP contribution in [0.3, 0.4) is 0 Å². The van der Waals surface area contributed by atoms with Crippen molar-refractivity contribution in [2.75, 3.05) is 32.4 Å². The lowest BCUT2D eigenvalue weighted by atomic mass is 10.0. The summed E-state index contributed by atoms with van der Waals surface area (Å²) in [6.07, 6.45) is 4.95. The second-order valence-electron chi connectivity index (χ2n) is 4.90. The van der Waals surface area contributed by atoms with E-state index in [1.807, 2.05) is 6.92 Å². The van der Waals surface area contributed by atoms with Crippen LogP contribution < -0.4 is 10.6 Å². The molecule has 0 aromatic carbocycles. The van der Waals surface area contributed by atoms with Gasteiger partial charge in [0.15, 0.2) is 0 Å². The minimum absolute atomic E-state index is 0. The zero-order chi connectivity index (χ0) is 14.3. The van der Waals surface area contributed by atoms with Crippen LogP contribution in [-0.2, 0) is 14.8 Å². The number of hydrogen-bond acceptors (Lipinski definition) is 4. The van der Waals surface area contributed by atoms with Crippen LogP contribution in [0, 0.1) is 0 Å². The number of carbonyl (C=O) groups is 1. The molecular weight excluding hydrogens is 302 g/mol. The Morgan fingerprint density at radius 1 is 1.40 bits per heavy atom. The fourth-order valence-corrected chi connectivity index (χ4v) is 3.15. The first kappa shape index (κ1) is 19.6. The summed E-state index contributed by atoms with van der Waals surface area (Å²) in [5, 5.41) is 6.05. The van der Waals surface area contributed by atoms with E-state index >= 15 is 0 Å². The predicted octanol–water partition coefficient (Wildman–Crippen LogP) is 0.338. The molecule has 20 heavy (non-hydrogen) atoms. The Balaban J connectivity index is 0.00000361. The molecule has 1 atom stereocenters. The van der Waals surface area contributed by atoms with Crippen LogP contribution in [0.1, 0.15) is 32.6 Å². The van der Waals surface area contributed by atoms with E-state index in [-0.39, 0.29) is 24.4 Å². The summed E-state index contributed by atoms with van der Waals surface area (Å²) in [4.78, 5) is 11.8. The van der Waals surface area contributed by atoms with E-state index in [1.54, 1.807) is 0 Å². The van der Waals surface area contributed by atoms with E-state index in [2.05, 4.69) is 10.6 Å². The molecule has 0 bridgehead atoms. The molecule has 1 aliphatic heterocycles. The molecule has 1 rings (SSSR count). The second-order valence-corrected chi connectivity index (χ2v) is 6.88. The molecule has 1 aliphatic rings. The molecule has 120 valence electrons. The first-order valence-electron chi connectivity index (χ1n) is 6.91. The zero-order valence-electron chi connectivity index (χ0n) is 12.2. The molecule has 8 heteroatoms. The number of sulfonamides is 1. The summed E-state index contributed by atoms with van der Waals surface area (Å²) in [6.45, 7) is 4.15. The number of amides is 1. The lowest BCUT2D eigenvalue weighted by Crippen LogP contribution is -2.47. The number of carbonyl (C=O) groups excluding carboxylic acids is 1. The molecule has 0 aromatic rings. The number of nitrogens with zero attached hydrogens (tertiary/aromatic N) is 1. The lowest BCUT2D eigenvalue weighted by Gasteiger charge is -2.23. The molecule has 0 aromatic heterocycles. The van der Waals surface area contributed by atoms with Gasteiger partial charge in [0.1, 0.15) is 0 Å². The van der Waals surface area contributed by atoms with Gasteiger partial charge in [0.25, 0.3) is 0 Å². The van der Waals surface area contributed by atoms with Gasteiger partial charge in [-0.05, 0) is 25.8 Å². The van der Waals surface area contributed by atoms with Gasteiger partial charge in [-0.15, -0.1) is 12.4 Å². The molecule has 1 saturated heterocycles. The summed E-state index contributed by atoms with van der Waals surface area (Å²) in [5.41, 5.74) is 0. The molecule has 0 radical (unpaired) electrons. The van der Waals surface area contributed by atoms with Crippen LogP contribution >= 0.6 is 12.4 Å². The molecule has 1 amide bonds. The second kappa shape index (κ2) is 9.55. The molecule has 0 spiro atoms. The Kier molecular flexibility index (Phi) is 9.37. The standard InChI is InChI=1S/C12H25N3O3S.ClH/c1-3-15(19(2,17)18)10-6-9-14-12(16)11-7-4-5-8-13-11;/h11,13H,3-10H2,1-2H3,(H,14,16);1H. The summed E-state index contributed by atoms with van der Waals surface area (Å²) < 4.78 is 24.1. The van der Waals surface area contributed by atoms with Gasteiger partial charge in [0, 0.05) is 19.6 Å². The smallest absolute Gasteiger partial charge is 0.237 e. The highest BCUT2D eigenvalue weighted by atomic mass is 35.5. The third-order valence-electron chi connectivity index (χ3n) is 3.33. The fourth-order valence-electron chi connectivity index (χ4n) is 2.22. The Hall–Kier alpha value is -0.370. The Morgan fingerprint density at radius 3 is 2.60 bits per heavy atom. The monoisotopic (exact) mass is 327 g/mol. The molecular formula is C12H26ClN3O3S. The highest BCUT2D eigenvalue weighted by Gasteiger charge is 2.20. The summed E-state index contributed by atoms with van der Waals surface area (Å²) in [5.74, 6) is 0.0297. The SMILES string of the molecule is CCN(CCCNC(=O)C1CCCCN1)S(C)(=O)=O.Cl. The molecule has 1 fully saturated rings. The van der Waals surface area contributed by atoms with E-state index in [1.165, 1.54) is 10.6 Å². The summed E-state index contributed by atoms with van der Waals surface area (Å²) in [6, 6.07) is -0.0778. The van der Waals surface area contributed by atoms with Crippen molar-refractivity contribution in [3.8, 4) is 0 Å². The fraction of sp³-hybridized carbons (Fsp3) is 0.917. The van der Waals surface area contributed by atoms with Crippen LogP contribution in [0.5, 0.6) is 0 Å². The van der Waals surface area contributed by atoms with Crippen LogP contribution in [0.15, 0.2) is 0 Å². The largest absolute Gasteiger partial charge is 0.355 e. The van der Waals surface area contributed by atoms with E-state index in [0.717, 1.165) is 25.8 Å². The Bertz CT molecular complexity index is 383. The number of nitrogens with one attached hydrogen (secondary N) is 2. The van der Waals surface area contributed by atoms with Gasteiger partial charge in [0.05, 0.1) is 12.3 Å². The number of hydrogen-bond donors (Lipinski definition) is 2. The maximum Gasteiger partial charge on any atom is 0.237 e. The highest BCUT2D eigenvalue weighted by Crippen LogP contribution is 2.06. The van der Waals surface area contributed by atoms with E-state index < -0.39 is 10.0 Å². The van der Waals surface area contributed by atoms with Crippen molar-refractivity contribution in [1.82, 2.24) is 14.9 Å². The minimum Gasteiger partial charge on any atom is -0.355 e. The van der Waals surface area contributed by atoms with Crippen molar-refractivity contribution < 1.29 is 13.2 Å². The quantitative estimate of drug-likeness (QED) is 0.661. The highest BCUT2D eigenvalue weighted by molar-refractivity contribution is 7.88. The average molecular weight is 328 g/mol. The molecule has 0 aliphatic carbocycles. The maximum atomic E-state index is 11.8. The van der Waals surface area contributed by atoms with Crippen molar-refractivity contribution in [3.63, 3.8) is 0 Å². The van der Waals surface area contributed by atoms with Crippen molar-refractivity contribution in [3.05, 3.63) is 0 Å². The number of halogens is 1. The van der Waals surface area contributed by atoms with Gasteiger partial charge >= 0.3 is 0 Å². The van der Waals surface area contributed by atoms with E-state index in [0.29, 0.717) is 26.1 Å². The first-order chi connectivity index (χ1) is 8.95. The van der Waals surface area contributed by atoms with E-state index in [4.69, 9.17) is 0 Å². The third kappa shape index (κ3) is 6.88. The number of piperidine rings is 1. The number of rotatable bonds is 7. The average Bonchev–Trinajstić information content (AvgIpc) is 2.38. The molecule has 1 heterocycles. The molecule has 1 unspecified atom stereocenters. The van der Waals surface area contributed by atoms with Crippen molar-refractivity contribution in [1.29, 1.82) is 0 Å². The summed E-state index contributed by atoms with van der Waals surface area (Å²) >= 11 is 0. The molecule has 6 nitrogen and oxygen atoms in total. The topological polar surface area (TPSA) is 78.5 Å².